The highest BCUT2D eigenvalue weighted by Crippen LogP contribution is 2.33. The zero-order valence-corrected chi connectivity index (χ0v) is 11.9. The molecule has 2 aromatic rings. The minimum Gasteiger partial charge on any atom is -0.496 e. The number of benzene rings is 1. The molecule has 6 heteroatoms. The molecule has 0 saturated heterocycles. The van der Waals surface area contributed by atoms with Crippen LogP contribution < -0.4 is 21.3 Å². The molecule has 1 saturated carbocycles. The Morgan fingerprint density at radius 1 is 1.48 bits per heavy atom. The largest absolute Gasteiger partial charge is 0.496 e. The average molecular weight is 286 g/mol. The third-order valence-electron chi connectivity index (χ3n) is 3.56. The van der Waals surface area contributed by atoms with Crippen molar-refractivity contribution >= 4 is 11.5 Å². The van der Waals surface area contributed by atoms with Crippen LogP contribution >= 0.6 is 0 Å². The molecule has 0 spiro atoms. The summed E-state index contributed by atoms with van der Waals surface area (Å²) >= 11 is 0. The van der Waals surface area contributed by atoms with Crippen molar-refractivity contribution in [1.82, 2.24) is 9.55 Å². The summed E-state index contributed by atoms with van der Waals surface area (Å²) in [6.07, 6.45) is 5.52. The smallest absolute Gasteiger partial charge is 0.293 e. The lowest BCUT2D eigenvalue weighted by molar-refractivity contribution is 0.410. The zero-order valence-electron chi connectivity index (χ0n) is 11.9. The molecule has 0 aliphatic heterocycles. The number of ether oxygens (including phenoxy) is 1. The van der Waals surface area contributed by atoms with Crippen molar-refractivity contribution in [3.05, 3.63) is 46.5 Å². The van der Waals surface area contributed by atoms with Crippen molar-refractivity contribution in [1.29, 1.82) is 0 Å². The van der Waals surface area contributed by atoms with Gasteiger partial charge in [-0.05, 0) is 31.0 Å². The van der Waals surface area contributed by atoms with Crippen molar-refractivity contribution in [3.8, 4) is 5.75 Å². The van der Waals surface area contributed by atoms with Crippen LogP contribution in [-0.2, 0) is 6.54 Å². The summed E-state index contributed by atoms with van der Waals surface area (Å²) in [5.41, 5.74) is 7.25. The van der Waals surface area contributed by atoms with Gasteiger partial charge in [0, 0.05) is 36.2 Å². The molecular formula is C15H18N4O2. The van der Waals surface area contributed by atoms with Crippen LogP contribution in [0.3, 0.4) is 0 Å². The van der Waals surface area contributed by atoms with Crippen molar-refractivity contribution in [2.45, 2.75) is 25.4 Å². The maximum atomic E-state index is 12.3. The summed E-state index contributed by atoms with van der Waals surface area (Å²) in [6.45, 7) is 0.436. The number of nitrogens with two attached hydrogens (primary N) is 1. The van der Waals surface area contributed by atoms with Crippen LogP contribution in [0, 0.1) is 0 Å². The van der Waals surface area contributed by atoms with Crippen LogP contribution in [0.5, 0.6) is 5.75 Å². The van der Waals surface area contributed by atoms with Gasteiger partial charge >= 0.3 is 0 Å². The number of nitrogens with one attached hydrogen (secondary N) is 1. The topological polar surface area (TPSA) is 82.2 Å². The zero-order chi connectivity index (χ0) is 14.8. The molecule has 0 radical (unpaired) electrons. The first-order chi connectivity index (χ1) is 10.2. The van der Waals surface area contributed by atoms with Gasteiger partial charge in [0.25, 0.3) is 5.56 Å². The van der Waals surface area contributed by atoms with Gasteiger partial charge in [-0.25, -0.2) is 4.98 Å². The Bertz CT molecular complexity index is 707. The van der Waals surface area contributed by atoms with Gasteiger partial charge in [0.2, 0.25) is 0 Å². The molecule has 0 amide bonds. The Morgan fingerprint density at radius 2 is 2.29 bits per heavy atom. The number of nitrogens with zero attached hydrogens (tertiary/aromatic N) is 2. The second kappa shape index (κ2) is 5.47. The van der Waals surface area contributed by atoms with E-state index in [0.29, 0.717) is 24.1 Å². The van der Waals surface area contributed by atoms with E-state index in [4.69, 9.17) is 10.5 Å². The molecule has 1 aromatic heterocycles. The second-order valence-corrected chi connectivity index (χ2v) is 5.14. The standard InChI is InChI=1S/C15H18N4O2/c1-21-13-5-2-11(16)8-10(13)9-18-14-15(20)19(7-6-17-14)12-3-4-12/h2,5-8,12H,3-4,9,16H2,1H3,(H,17,18). The van der Waals surface area contributed by atoms with Gasteiger partial charge in [-0.2, -0.15) is 0 Å². The molecule has 1 aliphatic carbocycles. The van der Waals surface area contributed by atoms with Gasteiger partial charge in [0.15, 0.2) is 5.82 Å². The summed E-state index contributed by atoms with van der Waals surface area (Å²) in [4.78, 5) is 16.4. The molecule has 1 fully saturated rings. The Hall–Kier alpha value is -2.50. The average Bonchev–Trinajstić information content (AvgIpc) is 3.31. The first kappa shape index (κ1) is 13.5. The summed E-state index contributed by atoms with van der Waals surface area (Å²) in [5.74, 6) is 1.09. The van der Waals surface area contributed by atoms with Crippen molar-refractivity contribution in [2.75, 3.05) is 18.2 Å². The molecule has 3 N–H and O–H groups in total. The lowest BCUT2D eigenvalue weighted by Gasteiger charge is -2.11. The van der Waals surface area contributed by atoms with E-state index in [1.165, 1.54) is 0 Å². The van der Waals surface area contributed by atoms with Crippen LogP contribution in [0.1, 0.15) is 24.4 Å². The monoisotopic (exact) mass is 286 g/mol. The van der Waals surface area contributed by atoms with E-state index >= 15 is 0 Å². The number of hydrogen-bond acceptors (Lipinski definition) is 5. The molecule has 1 aromatic carbocycles. The first-order valence-electron chi connectivity index (χ1n) is 6.92. The second-order valence-electron chi connectivity index (χ2n) is 5.14. The highest BCUT2D eigenvalue weighted by molar-refractivity contribution is 5.49. The maximum absolute atomic E-state index is 12.3. The van der Waals surface area contributed by atoms with Gasteiger partial charge < -0.3 is 20.4 Å². The number of methoxy groups -OCH3 is 1. The molecule has 1 heterocycles. The summed E-state index contributed by atoms with van der Waals surface area (Å²) in [6, 6.07) is 5.76. The lowest BCUT2D eigenvalue weighted by Crippen LogP contribution is -2.23. The minimum atomic E-state index is -0.0807. The van der Waals surface area contributed by atoms with Crippen LogP contribution in [0.4, 0.5) is 11.5 Å². The third-order valence-corrected chi connectivity index (χ3v) is 3.56. The van der Waals surface area contributed by atoms with E-state index in [1.807, 2.05) is 12.1 Å². The number of nitrogen functional groups attached to an aromatic ring is 1. The predicted molar refractivity (Wildman–Crippen MR) is 81.5 cm³/mol. The van der Waals surface area contributed by atoms with Crippen LogP contribution in [0.2, 0.25) is 0 Å². The fourth-order valence-electron chi connectivity index (χ4n) is 2.30. The highest BCUT2D eigenvalue weighted by Gasteiger charge is 2.25. The normalized spacial score (nSPS) is 14.0. The van der Waals surface area contributed by atoms with Crippen molar-refractivity contribution in [3.63, 3.8) is 0 Å². The van der Waals surface area contributed by atoms with Gasteiger partial charge in [0.05, 0.1) is 7.11 Å². The third kappa shape index (κ3) is 2.84. The number of hydrogen-bond donors (Lipinski definition) is 2. The number of anilines is 2. The Balaban J connectivity index is 1.80. The molecule has 3 rings (SSSR count). The van der Waals surface area contributed by atoms with Crippen LogP contribution in [0.25, 0.3) is 0 Å². The Morgan fingerprint density at radius 3 is 3.00 bits per heavy atom. The van der Waals surface area contributed by atoms with Crippen LogP contribution in [-0.4, -0.2) is 16.7 Å². The van der Waals surface area contributed by atoms with Gasteiger partial charge in [-0.1, -0.05) is 0 Å². The minimum absolute atomic E-state index is 0.0807. The first-order valence-corrected chi connectivity index (χ1v) is 6.92. The predicted octanol–water partition coefficient (Wildman–Crippen LogP) is 1.78. The fourth-order valence-corrected chi connectivity index (χ4v) is 2.30. The molecule has 1 aliphatic rings. The van der Waals surface area contributed by atoms with E-state index in [9.17, 15) is 4.79 Å². The van der Waals surface area contributed by atoms with Gasteiger partial charge in [0.1, 0.15) is 5.75 Å². The van der Waals surface area contributed by atoms with E-state index in [0.717, 1.165) is 24.2 Å². The lowest BCUT2D eigenvalue weighted by atomic mass is 10.2. The van der Waals surface area contributed by atoms with E-state index < -0.39 is 0 Å². The Kier molecular flexibility index (Phi) is 3.51. The van der Waals surface area contributed by atoms with E-state index in [2.05, 4.69) is 10.3 Å². The summed E-state index contributed by atoms with van der Waals surface area (Å²) in [5, 5.41) is 3.07. The highest BCUT2D eigenvalue weighted by atomic mass is 16.5. The van der Waals surface area contributed by atoms with Crippen molar-refractivity contribution in [2.24, 2.45) is 0 Å². The summed E-state index contributed by atoms with van der Waals surface area (Å²) < 4.78 is 7.03. The fraction of sp³-hybridized carbons (Fsp3) is 0.333. The van der Waals surface area contributed by atoms with E-state index in [1.54, 1.807) is 30.1 Å². The molecule has 0 atom stereocenters. The number of rotatable bonds is 5. The van der Waals surface area contributed by atoms with Gasteiger partial charge in [-0.3, -0.25) is 4.79 Å². The molecule has 6 nitrogen and oxygen atoms in total. The Labute approximate surface area is 122 Å². The molecular weight excluding hydrogens is 268 g/mol. The van der Waals surface area contributed by atoms with E-state index in [-0.39, 0.29) is 5.56 Å². The molecule has 21 heavy (non-hydrogen) atoms. The molecule has 110 valence electrons. The SMILES string of the molecule is COc1ccc(N)cc1CNc1nccn(C2CC2)c1=O. The maximum Gasteiger partial charge on any atom is 0.293 e. The quantitative estimate of drug-likeness (QED) is 0.819. The summed E-state index contributed by atoms with van der Waals surface area (Å²) in [7, 11) is 1.61. The molecule has 0 bridgehead atoms. The van der Waals surface area contributed by atoms with Crippen LogP contribution in [0.15, 0.2) is 35.4 Å². The van der Waals surface area contributed by atoms with Gasteiger partial charge in [-0.15, -0.1) is 0 Å². The number of aromatic nitrogens is 2. The van der Waals surface area contributed by atoms with Crippen molar-refractivity contribution < 1.29 is 4.74 Å². The molecule has 0 unspecified atom stereocenters.